The first-order valence-corrected chi connectivity index (χ1v) is 4.92. The van der Waals surface area contributed by atoms with E-state index in [0.717, 1.165) is 0 Å². The van der Waals surface area contributed by atoms with Crippen molar-refractivity contribution in [3.63, 3.8) is 0 Å². The molecule has 0 heterocycles. The van der Waals surface area contributed by atoms with Crippen LogP contribution in [0.5, 0.6) is 0 Å². The Hall–Kier alpha value is -1.35. The van der Waals surface area contributed by atoms with Gasteiger partial charge in [-0.05, 0) is 0 Å². The first-order chi connectivity index (χ1) is 8.26. The van der Waals surface area contributed by atoms with E-state index in [9.17, 15) is 22.8 Å². The molecule has 0 bridgehead atoms. The monoisotopic (exact) mass is 273 g/mol. The van der Waals surface area contributed by atoms with E-state index in [2.05, 4.69) is 9.47 Å². The quantitative estimate of drug-likeness (QED) is 0.658. The molecule has 9 heteroatoms. The molecular weight excluding hydrogens is 259 g/mol. The molecule has 0 aliphatic carbocycles. The predicted octanol–water partition coefficient (Wildman–Crippen LogP) is 0.171. The van der Waals surface area contributed by atoms with Crippen LogP contribution in [0.15, 0.2) is 0 Å². The van der Waals surface area contributed by atoms with Crippen LogP contribution in [-0.2, 0) is 19.1 Å². The van der Waals surface area contributed by atoms with Crippen LogP contribution in [0.4, 0.5) is 13.2 Å². The van der Waals surface area contributed by atoms with E-state index in [-0.39, 0.29) is 13.0 Å². The van der Waals surface area contributed by atoms with Gasteiger partial charge in [0, 0.05) is 20.1 Å². The Bertz CT molecular complexity index is 282. The summed E-state index contributed by atoms with van der Waals surface area (Å²) >= 11 is 0. The summed E-state index contributed by atoms with van der Waals surface area (Å²) in [7, 11) is 1.35. The summed E-state index contributed by atoms with van der Waals surface area (Å²) in [6.45, 7) is -2.31. The summed E-state index contributed by atoms with van der Waals surface area (Å²) in [6.07, 6.45) is -4.51. The summed E-state index contributed by atoms with van der Waals surface area (Å²) in [6, 6.07) is -1.22. The van der Waals surface area contributed by atoms with E-state index in [4.69, 9.17) is 5.11 Å². The number of hydrogen-bond donors (Lipinski definition) is 2. The topological polar surface area (TPSA) is 84.9 Å². The molecular formula is C9H14F3NO5. The van der Waals surface area contributed by atoms with Gasteiger partial charge in [0.25, 0.3) is 0 Å². The number of methoxy groups -OCH3 is 1. The molecule has 0 saturated carbocycles. The molecule has 0 fully saturated rings. The molecule has 0 aromatic rings. The van der Waals surface area contributed by atoms with E-state index in [1.54, 1.807) is 0 Å². The molecule has 0 aliphatic heterocycles. The third-order valence-corrected chi connectivity index (χ3v) is 1.74. The smallest absolute Gasteiger partial charge is 0.411 e. The van der Waals surface area contributed by atoms with E-state index < -0.39 is 37.3 Å². The number of alkyl halides is 3. The summed E-state index contributed by atoms with van der Waals surface area (Å²) in [4.78, 5) is 21.8. The van der Waals surface area contributed by atoms with Crippen LogP contribution < -0.4 is 5.32 Å². The zero-order valence-electron chi connectivity index (χ0n) is 9.62. The van der Waals surface area contributed by atoms with Crippen molar-refractivity contribution in [2.24, 2.45) is 0 Å². The SMILES string of the molecule is COCCC(NC(=O)COCC(F)(F)F)C(=O)O. The molecule has 18 heavy (non-hydrogen) atoms. The summed E-state index contributed by atoms with van der Waals surface area (Å²) in [5.74, 6) is -2.22. The first-order valence-electron chi connectivity index (χ1n) is 4.92. The van der Waals surface area contributed by atoms with Crippen molar-refractivity contribution in [1.82, 2.24) is 5.32 Å². The standard InChI is InChI=1S/C9H14F3NO5/c1-17-3-2-6(8(15)16)13-7(14)4-18-5-9(10,11)12/h6H,2-5H2,1H3,(H,13,14)(H,15,16). The molecule has 0 aliphatic rings. The van der Waals surface area contributed by atoms with Gasteiger partial charge >= 0.3 is 12.1 Å². The lowest BCUT2D eigenvalue weighted by Gasteiger charge is -2.14. The van der Waals surface area contributed by atoms with Crippen molar-refractivity contribution in [2.45, 2.75) is 18.6 Å². The zero-order chi connectivity index (χ0) is 14.2. The van der Waals surface area contributed by atoms with E-state index in [1.165, 1.54) is 7.11 Å². The number of carbonyl (C=O) groups excluding carboxylic acids is 1. The highest BCUT2D eigenvalue weighted by atomic mass is 19.4. The molecule has 0 rings (SSSR count). The Balaban J connectivity index is 3.99. The maximum Gasteiger partial charge on any atom is 0.411 e. The molecule has 1 atom stereocenters. The summed E-state index contributed by atoms with van der Waals surface area (Å²) in [5.41, 5.74) is 0. The van der Waals surface area contributed by atoms with Crippen LogP contribution in [0.3, 0.4) is 0 Å². The number of carboxylic acids is 1. The third kappa shape index (κ3) is 8.76. The molecule has 0 saturated heterocycles. The van der Waals surface area contributed by atoms with Crippen LogP contribution in [0.25, 0.3) is 0 Å². The van der Waals surface area contributed by atoms with E-state index in [1.807, 2.05) is 5.32 Å². The fraction of sp³-hybridized carbons (Fsp3) is 0.778. The van der Waals surface area contributed by atoms with Crippen molar-refractivity contribution in [3.8, 4) is 0 Å². The lowest BCUT2D eigenvalue weighted by atomic mass is 10.2. The van der Waals surface area contributed by atoms with Gasteiger partial charge in [-0.2, -0.15) is 13.2 Å². The largest absolute Gasteiger partial charge is 0.480 e. The number of aliphatic carboxylic acids is 1. The van der Waals surface area contributed by atoms with Crippen molar-refractivity contribution in [3.05, 3.63) is 0 Å². The van der Waals surface area contributed by atoms with Crippen molar-refractivity contribution in [1.29, 1.82) is 0 Å². The van der Waals surface area contributed by atoms with Crippen LogP contribution in [-0.4, -0.2) is 56.1 Å². The number of carbonyl (C=O) groups is 2. The zero-order valence-corrected chi connectivity index (χ0v) is 9.62. The second-order valence-electron chi connectivity index (χ2n) is 3.35. The summed E-state index contributed by atoms with van der Waals surface area (Å²) < 4.78 is 43.8. The normalized spacial score (nSPS) is 13.1. The molecule has 2 N–H and O–H groups in total. The minimum absolute atomic E-state index is 0.0108. The third-order valence-electron chi connectivity index (χ3n) is 1.74. The van der Waals surface area contributed by atoms with Gasteiger partial charge in [0.1, 0.15) is 19.3 Å². The van der Waals surface area contributed by atoms with Gasteiger partial charge in [0.2, 0.25) is 5.91 Å². The second-order valence-corrected chi connectivity index (χ2v) is 3.35. The number of rotatable bonds is 8. The fourth-order valence-corrected chi connectivity index (χ4v) is 0.989. The maximum atomic E-state index is 11.7. The van der Waals surface area contributed by atoms with Gasteiger partial charge in [-0.15, -0.1) is 0 Å². The Morgan fingerprint density at radius 1 is 1.39 bits per heavy atom. The molecule has 1 unspecified atom stereocenters. The number of amides is 1. The Morgan fingerprint density at radius 3 is 2.44 bits per heavy atom. The highest BCUT2D eigenvalue weighted by Crippen LogP contribution is 2.14. The minimum atomic E-state index is -4.53. The molecule has 106 valence electrons. The number of halogens is 3. The van der Waals surface area contributed by atoms with Crippen LogP contribution in [0.1, 0.15) is 6.42 Å². The fourth-order valence-electron chi connectivity index (χ4n) is 0.989. The predicted molar refractivity (Wildman–Crippen MR) is 52.9 cm³/mol. The van der Waals surface area contributed by atoms with Crippen molar-refractivity contribution >= 4 is 11.9 Å². The molecule has 6 nitrogen and oxygen atoms in total. The van der Waals surface area contributed by atoms with E-state index >= 15 is 0 Å². The molecule has 0 radical (unpaired) electrons. The Labute approximate surface area is 101 Å². The Morgan fingerprint density at radius 2 is 2.00 bits per heavy atom. The van der Waals surface area contributed by atoms with E-state index in [0.29, 0.717) is 0 Å². The van der Waals surface area contributed by atoms with Gasteiger partial charge in [-0.1, -0.05) is 0 Å². The summed E-state index contributed by atoms with van der Waals surface area (Å²) in [5, 5.41) is 10.7. The molecule has 0 aromatic carbocycles. The minimum Gasteiger partial charge on any atom is -0.480 e. The van der Waals surface area contributed by atoms with Crippen molar-refractivity contribution < 1.29 is 37.3 Å². The number of ether oxygens (including phenoxy) is 2. The number of nitrogens with one attached hydrogen (secondary N) is 1. The molecule has 1 amide bonds. The van der Waals surface area contributed by atoms with Crippen LogP contribution in [0, 0.1) is 0 Å². The number of carboxylic acid groups (broad SMARTS) is 1. The lowest BCUT2D eigenvalue weighted by Crippen LogP contribution is -2.43. The Kier molecular flexibility index (Phi) is 7.29. The van der Waals surface area contributed by atoms with Gasteiger partial charge in [0.05, 0.1) is 0 Å². The highest BCUT2D eigenvalue weighted by molar-refractivity contribution is 5.84. The van der Waals surface area contributed by atoms with Gasteiger partial charge < -0.3 is 19.9 Å². The van der Waals surface area contributed by atoms with Gasteiger partial charge in [-0.3, -0.25) is 4.79 Å². The molecule has 0 aromatic heterocycles. The van der Waals surface area contributed by atoms with Gasteiger partial charge in [-0.25, -0.2) is 4.79 Å². The first kappa shape index (κ1) is 16.6. The highest BCUT2D eigenvalue weighted by Gasteiger charge is 2.28. The van der Waals surface area contributed by atoms with Crippen molar-refractivity contribution in [2.75, 3.05) is 26.9 Å². The molecule has 0 spiro atoms. The number of hydrogen-bond acceptors (Lipinski definition) is 4. The van der Waals surface area contributed by atoms with Crippen LogP contribution >= 0.6 is 0 Å². The lowest BCUT2D eigenvalue weighted by molar-refractivity contribution is -0.176. The van der Waals surface area contributed by atoms with Gasteiger partial charge in [0.15, 0.2) is 0 Å². The average Bonchev–Trinajstić information content (AvgIpc) is 2.21. The maximum absolute atomic E-state index is 11.7. The van der Waals surface area contributed by atoms with Crippen LogP contribution in [0.2, 0.25) is 0 Å². The average molecular weight is 273 g/mol. The second kappa shape index (κ2) is 7.88.